The third-order valence-electron chi connectivity index (χ3n) is 2.35. The molecule has 1 aromatic heterocycles. The van der Waals surface area contributed by atoms with E-state index >= 15 is 0 Å². The molecule has 0 aliphatic heterocycles. The molecule has 17 heavy (non-hydrogen) atoms. The Morgan fingerprint density at radius 3 is 2.71 bits per heavy atom. The van der Waals surface area contributed by atoms with Gasteiger partial charge in [0.1, 0.15) is 12.7 Å². The summed E-state index contributed by atoms with van der Waals surface area (Å²) in [6.07, 6.45) is 3.23. The highest BCUT2D eigenvalue weighted by atomic mass is 16.4. The van der Waals surface area contributed by atoms with Gasteiger partial charge in [-0.05, 0) is 6.92 Å². The van der Waals surface area contributed by atoms with Gasteiger partial charge in [-0.2, -0.15) is 5.10 Å². The molecule has 7 nitrogen and oxygen atoms in total. The van der Waals surface area contributed by atoms with Crippen LogP contribution in [0.5, 0.6) is 0 Å². The predicted octanol–water partition coefficient (Wildman–Crippen LogP) is -0.00860. The number of rotatable bonds is 7. The minimum Gasteiger partial charge on any atom is -0.481 e. The van der Waals surface area contributed by atoms with Gasteiger partial charge >= 0.3 is 5.97 Å². The van der Waals surface area contributed by atoms with Gasteiger partial charge in [-0.25, -0.2) is 4.98 Å². The second kappa shape index (κ2) is 6.62. The van der Waals surface area contributed by atoms with Crippen molar-refractivity contribution in [3.05, 3.63) is 12.7 Å². The topological polar surface area (TPSA) is 88.3 Å². The van der Waals surface area contributed by atoms with Crippen LogP contribution >= 0.6 is 0 Å². The Morgan fingerprint density at radius 2 is 2.18 bits per heavy atom. The Labute approximate surface area is 99.1 Å². The van der Waals surface area contributed by atoms with E-state index in [4.69, 9.17) is 5.11 Å². The molecule has 0 spiro atoms. The number of aryl methyl sites for hydroxylation is 1. The molecule has 1 heterocycles. The summed E-state index contributed by atoms with van der Waals surface area (Å²) in [5, 5.41) is 12.4. The van der Waals surface area contributed by atoms with Crippen LogP contribution in [0, 0.1) is 0 Å². The van der Waals surface area contributed by atoms with Crippen molar-refractivity contribution < 1.29 is 14.7 Å². The third kappa shape index (κ3) is 4.62. The predicted molar refractivity (Wildman–Crippen MR) is 59.1 cm³/mol. The Hall–Kier alpha value is -1.92. The zero-order valence-corrected chi connectivity index (χ0v) is 9.74. The molecule has 94 valence electrons. The monoisotopic (exact) mass is 240 g/mol. The number of amides is 1. The molecule has 0 aromatic carbocycles. The lowest BCUT2D eigenvalue weighted by atomic mass is 10.3. The lowest BCUT2D eigenvalue weighted by Gasteiger charge is -2.19. The van der Waals surface area contributed by atoms with E-state index in [-0.39, 0.29) is 18.9 Å². The van der Waals surface area contributed by atoms with Crippen LogP contribution in [0.2, 0.25) is 0 Å². The van der Waals surface area contributed by atoms with Crippen LogP contribution in [-0.2, 0) is 16.1 Å². The second-order valence-corrected chi connectivity index (χ2v) is 3.53. The average molecular weight is 240 g/mol. The van der Waals surface area contributed by atoms with E-state index in [9.17, 15) is 9.59 Å². The summed E-state index contributed by atoms with van der Waals surface area (Å²) < 4.78 is 1.57. The van der Waals surface area contributed by atoms with Gasteiger partial charge in [-0.15, -0.1) is 0 Å². The third-order valence-corrected chi connectivity index (χ3v) is 2.35. The molecule has 1 aromatic rings. The molecule has 0 unspecified atom stereocenters. The summed E-state index contributed by atoms with van der Waals surface area (Å²) in [7, 11) is 0. The first-order chi connectivity index (χ1) is 8.13. The van der Waals surface area contributed by atoms with Gasteiger partial charge in [-0.1, -0.05) is 0 Å². The molecule has 0 saturated heterocycles. The Balaban J connectivity index is 2.35. The van der Waals surface area contributed by atoms with Gasteiger partial charge in [0.15, 0.2) is 0 Å². The number of nitrogens with zero attached hydrogens (tertiary/aromatic N) is 4. The maximum atomic E-state index is 11.8. The maximum absolute atomic E-state index is 11.8. The molecule has 0 saturated carbocycles. The molecule has 0 radical (unpaired) electrons. The molecule has 0 bridgehead atoms. The Bertz CT molecular complexity index is 364. The highest BCUT2D eigenvalue weighted by Gasteiger charge is 2.12. The van der Waals surface area contributed by atoms with Crippen LogP contribution in [0.4, 0.5) is 0 Å². The Morgan fingerprint density at radius 1 is 1.41 bits per heavy atom. The quantitative estimate of drug-likeness (QED) is 0.724. The highest BCUT2D eigenvalue weighted by Crippen LogP contribution is 1.98. The number of carbonyl (C=O) groups is 2. The van der Waals surface area contributed by atoms with Crippen molar-refractivity contribution in [3.8, 4) is 0 Å². The van der Waals surface area contributed by atoms with E-state index in [0.29, 0.717) is 19.5 Å². The number of carbonyl (C=O) groups excluding carboxylic acids is 1. The number of hydrogen-bond acceptors (Lipinski definition) is 4. The lowest BCUT2D eigenvalue weighted by molar-refractivity contribution is -0.138. The molecule has 0 atom stereocenters. The van der Waals surface area contributed by atoms with Crippen molar-refractivity contribution in [2.75, 3.05) is 13.1 Å². The van der Waals surface area contributed by atoms with Crippen LogP contribution in [0.3, 0.4) is 0 Å². The largest absolute Gasteiger partial charge is 0.481 e. The summed E-state index contributed by atoms with van der Waals surface area (Å²) in [6.45, 7) is 3.06. The zero-order valence-electron chi connectivity index (χ0n) is 9.74. The van der Waals surface area contributed by atoms with E-state index in [1.807, 2.05) is 6.92 Å². The number of hydrogen-bond donors (Lipinski definition) is 1. The second-order valence-electron chi connectivity index (χ2n) is 3.53. The fourth-order valence-electron chi connectivity index (χ4n) is 1.41. The van der Waals surface area contributed by atoms with Crippen molar-refractivity contribution in [3.63, 3.8) is 0 Å². The molecule has 1 N–H and O–H groups in total. The van der Waals surface area contributed by atoms with E-state index < -0.39 is 5.97 Å². The first-order valence-electron chi connectivity index (χ1n) is 5.45. The SMILES string of the molecule is CCN(CCC(=O)O)C(=O)CCn1cncn1. The number of carboxylic acids is 1. The Kier molecular flexibility index (Phi) is 5.12. The van der Waals surface area contributed by atoms with Crippen molar-refractivity contribution in [1.29, 1.82) is 0 Å². The van der Waals surface area contributed by atoms with Crippen LogP contribution in [0.1, 0.15) is 19.8 Å². The number of aromatic nitrogens is 3. The van der Waals surface area contributed by atoms with Crippen molar-refractivity contribution >= 4 is 11.9 Å². The summed E-state index contributed by atoms with van der Waals surface area (Å²) in [6, 6.07) is 0. The van der Waals surface area contributed by atoms with Gasteiger partial charge in [0.05, 0.1) is 13.0 Å². The fraction of sp³-hybridized carbons (Fsp3) is 0.600. The molecule has 1 rings (SSSR count). The smallest absolute Gasteiger partial charge is 0.305 e. The molecular formula is C10H16N4O3. The molecule has 0 aliphatic rings. The van der Waals surface area contributed by atoms with E-state index in [2.05, 4.69) is 10.1 Å². The number of aliphatic carboxylic acids is 1. The van der Waals surface area contributed by atoms with Crippen LogP contribution in [0.15, 0.2) is 12.7 Å². The first-order valence-corrected chi connectivity index (χ1v) is 5.45. The summed E-state index contributed by atoms with van der Waals surface area (Å²) in [5.74, 6) is -0.961. The van der Waals surface area contributed by atoms with Gasteiger partial charge < -0.3 is 10.0 Å². The van der Waals surface area contributed by atoms with Gasteiger partial charge in [0, 0.05) is 19.5 Å². The van der Waals surface area contributed by atoms with Gasteiger partial charge in [0.25, 0.3) is 0 Å². The normalized spacial score (nSPS) is 10.2. The standard InChI is InChI=1S/C10H16N4O3/c1-2-13(5-4-10(16)17)9(15)3-6-14-8-11-7-12-14/h7-8H,2-6H2,1H3,(H,16,17). The minimum atomic E-state index is -0.896. The van der Waals surface area contributed by atoms with Gasteiger partial charge in [0.2, 0.25) is 5.91 Å². The first kappa shape index (κ1) is 13.1. The molecule has 0 aliphatic carbocycles. The lowest BCUT2D eigenvalue weighted by Crippen LogP contribution is -2.33. The fourth-order valence-corrected chi connectivity index (χ4v) is 1.41. The van der Waals surface area contributed by atoms with Crippen molar-refractivity contribution in [1.82, 2.24) is 19.7 Å². The molecule has 1 amide bonds. The number of carboxylic acid groups (broad SMARTS) is 1. The van der Waals surface area contributed by atoms with Gasteiger partial charge in [-0.3, -0.25) is 14.3 Å². The van der Waals surface area contributed by atoms with E-state index in [1.165, 1.54) is 11.2 Å². The summed E-state index contributed by atoms with van der Waals surface area (Å²) in [4.78, 5) is 27.5. The minimum absolute atomic E-state index is 0.0249. The van der Waals surface area contributed by atoms with Crippen LogP contribution < -0.4 is 0 Å². The van der Waals surface area contributed by atoms with Crippen LogP contribution in [0.25, 0.3) is 0 Å². The summed E-state index contributed by atoms with van der Waals surface area (Å²) in [5.41, 5.74) is 0. The molecule has 0 fully saturated rings. The zero-order chi connectivity index (χ0) is 12.7. The van der Waals surface area contributed by atoms with E-state index in [1.54, 1.807) is 11.0 Å². The van der Waals surface area contributed by atoms with Crippen molar-refractivity contribution in [2.45, 2.75) is 26.3 Å². The molecular weight excluding hydrogens is 224 g/mol. The highest BCUT2D eigenvalue weighted by molar-refractivity contribution is 5.76. The van der Waals surface area contributed by atoms with E-state index in [0.717, 1.165) is 0 Å². The summed E-state index contributed by atoms with van der Waals surface area (Å²) >= 11 is 0. The van der Waals surface area contributed by atoms with Crippen molar-refractivity contribution in [2.24, 2.45) is 0 Å². The maximum Gasteiger partial charge on any atom is 0.305 e. The molecule has 7 heteroatoms. The average Bonchev–Trinajstić information content (AvgIpc) is 2.79. The van der Waals surface area contributed by atoms with Crippen LogP contribution in [-0.4, -0.2) is 49.7 Å².